The van der Waals surface area contributed by atoms with Gasteiger partial charge in [-0.2, -0.15) is 4.98 Å². The van der Waals surface area contributed by atoms with Gasteiger partial charge in [0.25, 0.3) is 0 Å². The molecule has 0 bridgehead atoms. The SMILES string of the molecule is COc1ncc(Cl)c(-n2cnc(CN)n2)n1. The van der Waals surface area contributed by atoms with Crippen LogP contribution in [0.3, 0.4) is 0 Å². The van der Waals surface area contributed by atoms with E-state index in [-0.39, 0.29) is 12.6 Å². The number of nitrogens with two attached hydrogens (primary N) is 1. The quantitative estimate of drug-likeness (QED) is 0.823. The molecule has 0 fully saturated rings. The van der Waals surface area contributed by atoms with Crippen molar-refractivity contribution >= 4 is 11.6 Å². The Morgan fingerprint density at radius 3 is 2.94 bits per heavy atom. The maximum atomic E-state index is 5.94. The number of hydrogen-bond donors (Lipinski definition) is 1. The fourth-order valence-electron chi connectivity index (χ4n) is 1.09. The zero-order valence-electron chi connectivity index (χ0n) is 8.46. The normalized spacial score (nSPS) is 10.4. The third-order valence-corrected chi connectivity index (χ3v) is 2.09. The summed E-state index contributed by atoms with van der Waals surface area (Å²) in [6.45, 7) is 0.257. The number of halogens is 1. The standard InChI is InChI=1S/C8H9ClN6O/c1-16-8-11-3-5(9)7(13-8)15-4-12-6(2-10)14-15/h3-4H,2,10H2,1H3. The van der Waals surface area contributed by atoms with Gasteiger partial charge in [0.2, 0.25) is 0 Å². The van der Waals surface area contributed by atoms with Crippen LogP contribution >= 0.6 is 11.6 Å². The molecule has 0 radical (unpaired) electrons. The highest BCUT2D eigenvalue weighted by Crippen LogP contribution is 2.18. The number of methoxy groups -OCH3 is 1. The molecule has 0 aliphatic carbocycles. The predicted octanol–water partition coefficient (Wildman–Crippen LogP) is 0.178. The van der Waals surface area contributed by atoms with E-state index in [0.717, 1.165) is 0 Å². The lowest BCUT2D eigenvalue weighted by molar-refractivity contribution is 0.379. The van der Waals surface area contributed by atoms with Crippen LogP contribution in [0.2, 0.25) is 5.02 Å². The van der Waals surface area contributed by atoms with Crippen molar-refractivity contribution in [3.05, 3.63) is 23.4 Å². The van der Waals surface area contributed by atoms with Gasteiger partial charge in [-0.15, -0.1) is 5.10 Å². The number of aromatic nitrogens is 5. The Morgan fingerprint density at radius 1 is 1.50 bits per heavy atom. The summed E-state index contributed by atoms with van der Waals surface area (Å²) in [4.78, 5) is 11.9. The van der Waals surface area contributed by atoms with Crippen LogP contribution in [-0.4, -0.2) is 31.8 Å². The van der Waals surface area contributed by atoms with Crippen molar-refractivity contribution in [3.8, 4) is 11.8 Å². The molecule has 0 spiro atoms. The fraction of sp³-hybridized carbons (Fsp3) is 0.250. The smallest absolute Gasteiger partial charge is 0.318 e. The van der Waals surface area contributed by atoms with Gasteiger partial charge in [-0.25, -0.2) is 14.6 Å². The minimum atomic E-state index is 0.212. The summed E-state index contributed by atoms with van der Waals surface area (Å²) in [5, 5.41) is 4.44. The number of rotatable bonds is 3. The molecule has 7 nitrogen and oxygen atoms in total. The van der Waals surface area contributed by atoms with Crippen molar-refractivity contribution in [3.63, 3.8) is 0 Å². The molecule has 2 aromatic heterocycles. The highest BCUT2D eigenvalue weighted by molar-refractivity contribution is 6.32. The average molecular weight is 241 g/mol. The molecule has 2 heterocycles. The van der Waals surface area contributed by atoms with Crippen LogP contribution in [0, 0.1) is 0 Å². The van der Waals surface area contributed by atoms with Crippen LogP contribution in [0.25, 0.3) is 5.82 Å². The van der Waals surface area contributed by atoms with Crippen LogP contribution in [0.5, 0.6) is 6.01 Å². The van der Waals surface area contributed by atoms with E-state index in [1.165, 1.54) is 24.3 Å². The molecule has 0 saturated heterocycles. The second-order valence-electron chi connectivity index (χ2n) is 2.84. The molecule has 84 valence electrons. The summed E-state index contributed by atoms with van der Waals surface area (Å²) >= 11 is 5.94. The first kappa shape index (κ1) is 10.8. The van der Waals surface area contributed by atoms with Crippen molar-refractivity contribution in [2.75, 3.05) is 7.11 Å². The van der Waals surface area contributed by atoms with Crippen molar-refractivity contribution in [1.29, 1.82) is 0 Å². The summed E-state index contributed by atoms with van der Waals surface area (Å²) < 4.78 is 6.32. The first-order valence-electron chi connectivity index (χ1n) is 4.42. The van der Waals surface area contributed by atoms with E-state index < -0.39 is 0 Å². The molecule has 0 aromatic carbocycles. The molecule has 16 heavy (non-hydrogen) atoms. The average Bonchev–Trinajstić information content (AvgIpc) is 2.78. The molecule has 8 heteroatoms. The molecule has 0 unspecified atom stereocenters. The summed E-state index contributed by atoms with van der Waals surface area (Å²) in [6, 6.07) is 0.212. The van der Waals surface area contributed by atoms with Gasteiger partial charge < -0.3 is 10.5 Å². The number of hydrogen-bond acceptors (Lipinski definition) is 6. The van der Waals surface area contributed by atoms with Crippen LogP contribution in [0.15, 0.2) is 12.5 Å². The maximum Gasteiger partial charge on any atom is 0.318 e. The van der Waals surface area contributed by atoms with Crippen molar-refractivity contribution in [2.24, 2.45) is 5.73 Å². The van der Waals surface area contributed by atoms with Crippen molar-refractivity contribution in [1.82, 2.24) is 24.7 Å². The lowest BCUT2D eigenvalue weighted by Gasteiger charge is -2.03. The molecule has 0 atom stereocenters. The van der Waals surface area contributed by atoms with E-state index in [2.05, 4.69) is 20.1 Å². The van der Waals surface area contributed by atoms with Crippen LogP contribution < -0.4 is 10.5 Å². The van der Waals surface area contributed by atoms with Gasteiger partial charge in [-0.1, -0.05) is 11.6 Å². The molecule has 0 saturated carbocycles. The van der Waals surface area contributed by atoms with Gasteiger partial charge in [0.1, 0.15) is 11.3 Å². The maximum absolute atomic E-state index is 5.94. The number of ether oxygens (including phenoxy) is 1. The summed E-state index contributed by atoms with van der Waals surface area (Å²) in [7, 11) is 1.47. The predicted molar refractivity (Wildman–Crippen MR) is 56.4 cm³/mol. The minimum absolute atomic E-state index is 0.212. The van der Waals surface area contributed by atoms with E-state index in [9.17, 15) is 0 Å². The molecule has 0 aliphatic rings. The Hall–Kier alpha value is -1.73. The molecule has 2 aromatic rings. The minimum Gasteiger partial charge on any atom is -0.467 e. The van der Waals surface area contributed by atoms with Gasteiger partial charge in [0.05, 0.1) is 19.9 Å². The van der Waals surface area contributed by atoms with Crippen molar-refractivity contribution < 1.29 is 4.74 Å². The highest BCUT2D eigenvalue weighted by Gasteiger charge is 2.09. The summed E-state index contributed by atoms with van der Waals surface area (Å²) in [5.41, 5.74) is 5.41. The lowest BCUT2D eigenvalue weighted by Crippen LogP contribution is -2.04. The first-order valence-corrected chi connectivity index (χ1v) is 4.80. The van der Waals surface area contributed by atoms with Gasteiger partial charge in [-0.3, -0.25) is 0 Å². The van der Waals surface area contributed by atoms with Gasteiger partial charge in [0.15, 0.2) is 11.6 Å². The zero-order chi connectivity index (χ0) is 11.5. The molecular weight excluding hydrogens is 232 g/mol. The van der Waals surface area contributed by atoms with Crippen molar-refractivity contribution in [2.45, 2.75) is 6.54 Å². The van der Waals surface area contributed by atoms with E-state index in [4.69, 9.17) is 22.1 Å². The monoisotopic (exact) mass is 240 g/mol. The largest absolute Gasteiger partial charge is 0.467 e. The zero-order valence-corrected chi connectivity index (χ0v) is 9.22. The van der Waals surface area contributed by atoms with Crippen LogP contribution in [0.1, 0.15) is 5.82 Å². The Labute approximate surface area is 96.2 Å². The van der Waals surface area contributed by atoms with Gasteiger partial charge in [-0.05, 0) is 0 Å². The Kier molecular flexibility index (Phi) is 2.97. The van der Waals surface area contributed by atoms with Gasteiger partial charge in [0, 0.05) is 0 Å². The van der Waals surface area contributed by atoms with E-state index in [0.29, 0.717) is 16.7 Å². The summed E-state index contributed by atoms with van der Waals surface area (Å²) in [5.74, 6) is 0.911. The molecule has 0 amide bonds. The van der Waals surface area contributed by atoms with E-state index in [1.807, 2.05) is 0 Å². The highest BCUT2D eigenvalue weighted by atomic mass is 35.5. The van der Waals surface area contributed by atoms with Gasteiger partial charge >= 0.3 is 6.01 Å². The summed E-state index contributed by atoms with van der Waals surface area (Å²) in [6.07, 6.45) is 2.92. The Bertz CT molecular complexity index is 499. The number of nitrogens with zero attached hydrogens (tertiary/aromatic N) is 5. The van der Waals surface area contributed by atoms with E-state index in [1.54, 1.807) is 0 Å². The van der Waals surface area contributed by atoms with E-state index >= 15 is 0 Å². The van der Waals surface area contributed by atoms with Crippen LogP contribution in [0.4, 0.5) is 0 Å². The molecule has 2 N–H and O–H groups in total. The Morgan fingerprint density at radius 2 is 2.31 bits per heavy atom. The molecular formula is C8H9ClN6O. The fourth-order valence-corrected chi connectivity index (χ4v) is 1.27. The Balaban J connectivity index is 2.45. The third-order valence-electron chi connectivity index (χ3n) is 1.82. The topological polar surface area (TPSA) is 91.7 Å². The first-order chi connectivity index (χ1) is 7.74. The second-order valence-corrected chi connectivity index (χ2v) is 3.24. The lowest BCUT2D eigenvalue weighted by atomic mass is 10.6. The second kappa shape index (κ2) is 4.42. The molecule has 0 aliphatic heterocycles. The van der Waals surface area contributed by atoms with Crippen LogP contribution in [-0.2, 0) is 6.54 Å². The third kappa shape index (κ3) is 1.95. The molecule has 2 rings (SSSR count).